The Balaban J connectivity index is 1.60. The Morgan fingerprint density at radius 2 is 1.91 bits per heavy atom. The van der Waals surface area contributed by atoms with E-state index in [0.717, 1.165) is 35.5 Å². The summed E-state index contributed by atoms with van der Waals surface area (Å²) in [4.78, 5) is 20.6. The molecule has 8 nitrogen and oxygen atoms in total. The summed E-state index contributed by atoms with van der Waals surface area (Å²) >= 11 is 0. The second-order valence-electron chi connectivity index (χ2n) is 8.67. The van der Waals surface area contributed by atoms with E-state index in [1.54, 1.807) is 14.2 Å². The van der Waals surface area contributed by atoms with Crippen LogP contribution in [0, 0.1) is 20.8 Å². The van der Waals surface area contributed by atoms with Crippen molar-refractivity contribution in [1.29, 1.82) is 0 Å². The highest BCUT2D eigenvalue weighted by Gasteiger charge is 2.35. The third-order valence-corrected chi connectivity index (χ3v) is 6.24. The van der Waals surface area contributed by atoms with Gasteiger partial charge in [0.2, 0.25) is 0 Å². The molecule has 1 fully saturated rings. The van der Waals surface area contributed by atoms with Crippen molar-refractivity contribution in [3.8, 4) is 22.8 Å². The van der Waals surface area contributed by atoms with E-state index < -0.39 is 0 Å². The van der Waals surface area contributed by atoms with Crippen LogP contribution in [0.5, 0.6) is 11.5 Å². The number of methoxy groups -OCH3 is 2. The molecule has 1 amide bonds. The second-order valence-corrected chi connectivity index (χ2v) is 8.67. The molecule has 1 saturated carbocycles. The van der Waals surface area contributed by atoms with Gasteiger partial charge < -0.3 is 23.3 Å². The van der Waals surface area contributed by atoms with E-state index in [4.69, 9.17) is 18.4 Å². The van der Waals surface area contributed by atoms with Crippen LogP contribution in [0.25, 0.3) is 22.4 Å². The summed E-state index contributed by atoms with van der Waals surface area (Å²) in [6, 6.07) is 9.52. The lowest BCUT2D eigenvalue weighted by molar-refractivity contribution is 0.0730. The Morgan fingerprint density at radius 1 is 1.12 bits per heavy atom. The monoisotopic (exact) mass is 461 g/mol. The number of hydrogen-bond donors (Lipinski definition) is 0. The van der Waals surface area contributed by atoms with Gasteiger partial charge in [0, 0.05) is 17.2 Å². The SMILES string of the molecule is COc1ccc(OC)c(CN(C(=O)c2cc(-c3cc(C)oc3C)nc3onc(C)c23)C2CC2)c1. The first kappa shape index (κ1) is 22.0. The molecule has 8 heteroatoms. The van der Waals surface area contributed by atoms with Crippen LogP contribution in [-0.4, -0.2) is 41.2 Å². The first-order chi connectivity index (χ1) is 16.4. The average Bonchev–Trinajstić information content (AvgIpc) is 3.53. The van der Waals surface area contributed by atoms with Crippen molar-refractivity contribution in [3.05, 3.63) is 58.7 Å². The number of rotatable bonds is 7. The Hall–Kier alpha value is -3.81. The van der Waals surface area contributed by atoms with Gasteiger partial charge in [-0.3, -0.25) is 4.79 Å². The average molecular weight is 462 g/mol. The number of ether oxygens (including phenoxy) is 2. The molecule has 0 atom stereocenters. The molecule has 1 aliphatic rings. The Morgan fingerprint density at radius 3 is 2.56 bits per heavy atom. The van der Waals surface area contributed by atoms with Gasteiger partial charge in [-0.05, 0) is 63.9 Å². The van der Waals surface area contributed by atoms with E-state index in [9.17, 15) is 4.79 Å². The number of carbonyl (C=O) groups is 1. The third kappa shape index (κ3) is 3.89. The van der Waals surface area contributed by atoms with Crippen molar-refractivity contribution in [2.24, 2.45) is 0 Å². The third-order valence-electron chi connectivity index (χ3n) is 6.24. The van der Waals surface area contributed by atoms with Crippen LogP contribution >= 0.6 is 0 Å². The van der Waals surface area contributed by atoms with E-state index in [1.807, 2.05) is 56.0 Å². The van der Waals surface area contributed by atoms with Crippen molar-refractivity contribution in [2.45, 2.75) is 46.2 Å². The molecular weight excluding hydrogens is 434 g/mol. The van der Waals surface area contributed by atoms with Gasteiger partial charge in [-0.1, -0.05) is 5.16 Å². The molecule has 0 N–H and O–H groups in total. The number of fused-ring (bicyclic) bond motifs is 1. The number of nitrogens with zero attached hydrogens (tertiary/aromatic N) is 3. The molecular formula is C26H27N3O5. The maximum Gasteiger partial charge on any atom is 0.259 e. The minimum Gasteiger partial charge on any atom is -0.497 e. The van der Waals surface area contributed by atoms with Crippen LogP contribution in [0.1, 0.15) is 46.0 Å². The number of hydrogen-bond acceptors (Lipinski definition) is 7. The lowest BCUT2D eigenvalue weighted by Gasteiger charge is -2.24. The van der Waals surface area contributed by atoms with Gasteiger partial charge >= 0.3 is 0 Å². The van der Waals surface area contributed by atoms with E-state index >= 15 is 0 Å². The highest BCUT2D eigenvalue weighted by molar-refractivity contribution is 6.07. The van der Waals surface area contributed by atoms with E-state index in [-0.39, 0.29) is 11.9 Å². The second kappa shape index (κ2) is 8.52. The number of benzene rings is 1. The molecule has 0 saturated heterocycles. The molecule has 3 aromatic heterocycles. The first-order valence-electron chi connectivity index (χ1n) is 11.3. The zero-order valence-corrected chi connectivity index (χ0v) is 20.0. The van der Waals surface area contributed by atoms with Crippen molar-refractivity contribution in [3.63, 3.8) is 0 Å². The summed E-state index contributed by atoms with van der Waals surface area (Å²) in [5.74, 6) is 2.85. The normalized spacial score (nSPS) is 13.3. The van der Waals surface area contributed by atoms with Crippen LogP contribution in [-0.2, 0) is 6.54 Å². The summed E-state index contributed by atoms with van der Waals surface area (Å²) in [5.41, 5.74) is 3.83. The largest absolute Gasteiger partial charge is 0.497 e. The summed E-state index contributed by atoms with van der Waals surface area (Å²) in [7, 11) is 3.25. The number of aromatic nitrogens is 2. The van der Waals surface area contributed by atoms with Crippen molar-refractivity contribution in [1.82, 2.24) is 15.0 Å². The van der Waals surface area contributed by atoms with Gasteiger partial charge in [-0.15, -0.1) is 0 Å². The fourth-order valence-corrected chi connectivity index (χ4v) is 4.38. The van der Waals surface area contributed by atoms with Crippen LogP contribution in [0.2, 0.25) is 0 Å². The van der Waals surface area contributed by atoms with Crippen molar-refractivity contribution in [2.75, 3.05) is 14.2 Å². The lowest BCUT2D eigenvalue weighted by atomic mass is 10.0. The minimum atomic E-state index is -0.0924. The summed E-state index contributed by atoms with van der Waals surface area (Å²) in [6.45, 7) is 5.99. The maximum absolute atomic E-state index is 14.1. The van der Waals surface area contributed by atoms with Gasteiger partial charge in [-0.2, -0.15) is 0 Å². The molecule has 176 valence electrons. The van der Waals surface area contributed by atoms with Crippen molar-refractivity contribution >= 4 is 17.0 Å². The standard InChI is InChI=1S/C26H27N3O5/c1-14-10-20(16(3)33-14)22-12-21(24-15(2)28-34-25(24)27-22)26(30)29(18-6-7-18)13-17-11-19(31-4)8-9-23(17)32-5/h8-12,18H,6-7,13H2,1-5H3. The molecule has 0 bridgehead atoms. The fourth-order valence-electron chi connectivity index (χ4n) is 4.38. The van der Waals surface area contributed by atoms with Crippen LogP contribution in [0.3, 0.4) is 0 Å². The topological polar surface area (TPSA) is 90.8 Å². The quantitative estimate of drug-likeness (QED) is 0.372. The summed E-state index contributed by atoms with van der Waals surface area (Å²) in [6.07, 6.45) is 1.92. The Labute approximate surface area is 197 Å². The highest BCUT2D eigenvalue weighted by Crippen LogP contribution is 2.36. The van der Waals surface area contributed by atoms with Gasteiger partial charge in [-0.25, -0.2) is 4.98 Å². The van der Waals surface area contributed by atoms with Crippen LogP contribution in [0.4, 0.5) is 0 Å². The Kier molecular flexibility index (Phi) is 5.51. The molecule has 3 heterocycles. The smallest absolute Gasteiger partial charge is 0.259 e. The molecule has 1 aliphatic carbocycles. The van der Waals surface area contributed by atoms with Crippen LogP contribution in [0.15, 0.2) is 39.3 Å². The maximum atomic E-state index is 14.1. The summed E-state index contributed by atoms with van der Waals surface area (Å²) < 4.78 is 22.2. The highest BCUT2D eigenvalue weighted by atomic mass is 16.5. The number of pyridine rings is 1. The van der Waals surface area contributed by atoms with Gasteiger partial charge in [0.25, 0.3) is 11.6 Å². The number of aryl methyl sites for hydroxylation is 3. The van der Waals surface area contributed by atoms with Crippen LogP contribution < -0.4 is 9.47 Å². The van der Waals surface area contributed by atoms with E-state index in [2.05, 4.69) is 10.1 Å². The van der Waals surface area contributed by atoms with E-state index in [0.29, 0.717) is 46.1 Å². The van der Waals surface area contributed by atoms with Gasteiger partial charge in [0.05, 0.1) is 43.1 Å². The molecule has 0 radical (unpaired) electrons. The van der Waals surface area contributed by atoms with Gasteiger partial charge in [0.1, 0.15) is 23.0 Å². The Bertz CT molecular complexity index is 1380. The fraction of sp³-hybridized carbons (Fsp3) is 0.346. The first-order valence-corrected chi connectivity index (χ1v) is 11.3. The summed E-state index contributed by atoms with van der Waals surface area (Å²) in [5, 5.41) is 4.72. The molecule has 0 spiro atoms. The zero-order chi connectivity index (χ0) is 24.0. The van der Waals surface area contributed by atoms with Gasteiger partial charge in [0.15, 0.2) is 0 Å². The molecule has 0 unspecified atom stereocenters. The predicted octanol–water partition coefficient (Wildman–Crippen LogP) is 5.23. The number of furan rings is 1. The molecule has 0 aliphatic heterocycles. The predicted molar refractivity (Wildman–Crippen MR) is 126 cm³/mol. The van der Waals surface area contributed by atoms with Crippen molar-refractivity contribution < 1.29 is 23.2 Å². The minimum absolute atomic E-state index is 0.0924. The lowest BCUT2D eigenvalue weighted by Crippen LogP contribution is -2.33. The molecule has 1 aromatic carbocycles. The number of carbonyl (C=O) groups excluding carboxylic acids is 1. The molecule has 34 heavy (non-hydrogen) atoms. The number of amides is 1. The van der Waals surface area contributed by atoms with E-state index in [1.165, 1.54) is 0 Å². The zero-order valence-electron chi connectivity index (χ0n) is 20.0. The molecule has 4 aromatic rings. The molecule has 5 rings (SSSR count).